The van der Waals surface area contributed by atoms with E-state index in [9.17, 15) is 5.26 Å². The third-order valence-electron chi connectivity index (χ3n) is 4.49. The lowest BCUT2D eigenvalue weighted by atomic mass is 9.88. The van der Waals surface area contributed by atoms with Crippen molar-refractivity contribution in [3.8, 4) is 6.07 Å². The minimum absolute atomic E-state index is 0.262. The predicted molar refractivity (Wildman–Crippen MR) is 81.4 cm³/mol. The molecule has 2 aliphatic carbocycles. The van der Waals surface area contributed by atoms with E-state index < -0.39 is 0 Å². The first-order valence-corrected chi connectivity index (χ1v) is 8.44. The molecule has 4 nitrogen and oxygen atoms in total. The number of rotatable bonds is 4. The van der Waals surface area contributed by atoms with Gasteiger partial charge in [0, 0.05) is 16.8 Å². The molecule has 2 aliphatic rings. The molecule has 108 valence electrons. The number of thiophene rings is 1. The summed E-state index contributed by atoms with van der Waals surface area (Å²) in [5.74, 6) is 2.82. The smallest absolute Gasteiger partial charge is 0.144 e. The van der Waals surface area contributed by atoms with Crippen LogP contribution in [0.2, 0.25) is 0 Å². The van der Waals surface area contributed by atoms with Gasteiger partial charge in [-0.05, 0) is 51.0 Å². The van der Waals surface area contributed by atoms with Crippen molar-refractivity contribution in [2.24, 2.45) is 0 Å². The molecule has 0 unspecified atom stereocenters. The summed E-state index contributed by atoms with van der Waals surface area (Å²) in [6, 6.07) is 4.79. The van der Waals surface area contributed by atoms with Crippen LogP contribution < -0.4 is 0 Å². The number of hydrogen-bond donors (Lipinski definition) is 0. The van der Waals surface area contributed by atoms with Crippen molar-refractivity contribution >= 4 is 11.3 Å². The van der Waals surface area contributed by atoms with E-state index in [1.807, 2.05) is 11.4 Å². The molecule has 0 spiro atoms. The maximum atomic E-state index is 9.33. The summed E-state index contributed by atoms with van der Waals surface area (Å²) in [4.78, 5) is 1.10. The van der Waals surface area contributed by atoms with Gasteiger partial charge in [-0.1, -0.05) is 0 Å². The Balaban J connectivity index is 1.84. The monoisotopic (exact) mass is 298 g/mol. The minimum Gasteiger partial charge on any atom is -0.311 e. The van der Waals surface area contributed by atoms with Gasteiger partial charge in [0.1, 0.15) is 17.7 Å². The van der Waals surface area contributed by atoms with Gasteiger partial charge in [0.05, 0.1) is 11.0 Å². The van der Waals surface area contributed by atoms with E-state index in [1.54, 1.807) is 11.3 Å². The van der Waals surface area contributed by atoms with Crippen molar-refractivity contribution < 1.29 is 0 Å². The zero-order valence-electron chi connectivity index (χ0n) is 12.3. The minimum atomic E-state index is -0.262. The summed E-state index contributed by atoms with van der Waals surface area (Å²) >= 11 is 1.65. The molecule has 0 radical (unpaired) electrons. The maximum absolute atomic E-state index is 9.33. The number of aromatic nitrogens is 3. The van der Waals surface area contributed by atoms with Crippen molar-refractivity contribution in [1.82, 2.24) is 14.8 Å². The van der Waals surface area contributed by atoms with Gasteiger partial charge in [-0.2, -0.15) is 5.26 Å². The highest BCUT2D eigenvalue weighted by Gasteiger charge is 2.41. The quantitative estimate of drug-likeness (QED) is 0.863. The molecular formula is C16H18N4S. The van der Waals surface area contributed by atoms with Crippen LogP contribution in [0.3, 0.4) is 0 Å². The average Bonchev–Trinajstić information content (AvgIpc) is 3.40. The molecule has 2 heterocycles. The van der Waals surface area contributed by atoms with E-state index >= 15 is 0 Å². The summed E-state index contributed by atoms with van der Waals surface area (Å²) in [7, 11) is 0. The lowest BCUT2D eigenvalue weighted by Crippen LogP contribution is -2.24. The van der Waals surface area contributed by atoms with E-state index in [-0.39, 0.29) is 5.41 Å². The van der Waals surface area contributed by atoms with Crippen molar-refractivity contribution in [1.29, 1.82) is 5.26 Å². The topological polar surface area (TPSA) is 54.5 Å². The van der Waals surface area contributed by atoms with Gasteiger partial charge in [-0.3, -0.25) is 0 Å². The van der Waals surface area contributed by atoms with Crippen molar-refractivity contribution in [3.05, 3.63) is 33.5 Å². The second-order valence-electron chi connectivity index (χ2n) is 6.66. The zero-order valence-corrected chi connectivity index (χ0v) is 13.2. The maximum Gasteiger partial charge on any atom is 0.144 e. The highest BCUT2D eigenvalue weighted by atomic mass is 32.1. The van der Waals surface area contributed by atoms with E-state index in [2.05, 4.69) is 34.7 Å². The zero-order chi connectivity index (χ0) is 14.6. The molecule has 4 rings (SSSR count). The Labute approximate surface area is 128 Å². The van der Waals surface area contributed by atoms with Crippen LogP contribution in [0.5, 0.6) is 0 Å². The van der Waals surface area contributed by atoms with Crippen LogP contribution in [0.4, 0.5) is 0 Å². The standard InChI is InChI=1S/C16H18N4S/c1-16(2,13-11(9-17)7-8-21-13)15-19-18-14(10-3-4-10)20(15)12-5-6-12/h7-8,10,12H,3-6H2,1-2H3. The van der Waals surface area contributed by atoms with E-state index in [4.69, 9.17) is 0 Å². The van der Waals surface area contributed by atoms with Gasteiger partial charge in [0.15, 0.2) is 0 Å². The average molecular weight is 298 g/mol. The normalized spacial score (nSPS) is 18.7. The molecular weight excluding hydrogens is 280 g/mol. The van der Waals surface area contributed by atoms with Gasteiger partial charge in [0.25, 0.3) is 0 Å². The molecule has 0 aliphatic heterocycles. The summed E-state index contributed by atoms with van der Waals surface area (Å²) < 4.78 is 2.39. The van der Waals surface area contributed by atoms with Crippen LogP contribution >= 0.6 is 11.3 Å². The van der Waals surface area contributed by atoms with Gasteiger partial charge in [-0.25, -0.2) is 0 Å². The second kappa shape index (κ2) is 4.41. The number of nitrogens with zero attached hydrogens (tertiary/aromatic N) is 4. The molecule has 0 amide bonds. The predicted octanol–water partition coefficient (Wildman–Crippen LogP) is 3.75. The largest absolute Gasteiger partial charge is 0.311 e. The highest BCUT2D eigenvalue weighted by Crippen LogP contribution is 2.47. The second-order valence-corrected chi connectivity index (χ2v) is 7.57. The van der Waals surface area contributed by atoms with Crippen LogP contribution in [0, 0.1) is 11.3 Å². The Morgan fingerprint density at radius 1 is 1.29 bits per heavy atom. The molecule has 5 heteroatoms. The fourth-order valence-corrected chi connectivity index (χ4v) is 3.99. The van der Waals surface area contributed by atoms with Crippen LogP contribution in [0.1, 0.15) is 73.6 Å². The molecule has 21 heavy (non-hydrogen) atoms. The lowest BCUT2D eigenvalue weighted by molar-refractivity contribution is 0.532. The Hall–Kier alpha value is -1.67. The first kappa shape index (κ1) is 13.0. The van der Waals surface area contributed by atoms with Gasteiger partial charge < -0.3 is 4.57 Å². The van der Waals surface area contributed by atoms with E-state index in [0.29, 0.717) is 12.0 Å². The SMILES string of the molecule is CC(C)(c1sccc1C#N)c1nnc(C2CC2)n1C1CC1. The summed E-state index contributed by atoms with van der Waals surface area (Å²) in [5.41, 5.74) is 0.505. The molecule has 2 aromatic heterocycles. The van der Waals surface area contributed by atoms with Gasteiger partial charge in [0.2, 0.25) is 0 Å². The van der Waals surface area contributed by atoms with Crippen LogP contribution in [0.15, 0.2) is 11.4 Å². The molecule has 2 saturated carbocycles. The third kappa shape index (κ3) is 2.01. The van der Waals surface area contributed by atoms with Crippen molar-refractivity contribution in [3.63, 3.8) is 0 Å². The first-order valence-electron chi connectivity index (χ1n) is 7.56. The Bertz CT molecular complexity index is 726. The molecule has 0 N–H and O–H groups in total. The molecule has 0 saturated heterocycles. The lowest BCUT2D eigenvalue weighted by Gasteiger charge is -2.24. The van der Waals surface area contributed by atoms with E-state index in [1.165, 1.54) is 31.5 Å². The summed E-state index contributed by atoms with van der Waals surface area (Å²) in [6.07, 6.45) is 4.95. The van der Waals surface area contributed by atoms with E-state index in [0.717, 1.165) is 16.3 Å². The molecule has 2 fully saturated rings. The van der Waals surface area contributed by atoms with Crippen LogP contribution in [-0.4, -0.2) is 14.8 Å². The Morgan fingerprint density at radius 3 is 2.67 bits per heavy atom. The van der Waals surface area contributed by atoms with Gasteiger partial charge >= 0.3 is 0 Å². The van der Waals surface area contributed by atoms with Crippen LogP contribution in [-0.2, 0) is 5.41 Å². The third-order valence-corrected chi connectivity index (χ3v) is 5.73. The van der Waals surface area contributed by atoms with Crippen LogP contribution in [0.25, 0.3) is 0 Å². The Morgan fingerprint density at radius 2 is 2.05 bits per heavy atom. The molecule has 0 bridgehead atoms. The summed E-state index contributed by atoms with van der Waals surface area (Å²) in [5, 5.41) is 20.4. The Kier molecular flexibility index (Phi) is 2.74. The highest BCUT2D eigenvalue weighted by molar-refractivity contribution is 7.10. The van der Waals surface area contributed by atoms with Crippen molar-refractivity contribution in [2.75, 3.05) is 0 Å². The first-order chi connectivity index (χ1) is 10.1. The summed E-state index contributed by atoms with van der Waals surface area (Å²) in [6.45, 7) is 4.33. The number of nitriles is 1. The molecule has 2 aromatic rings. The number of hydrogen-bond acceptors (Lipinski definition) is 4. The fraction of sp³-hybridized carbons (Fsp3) is 0.562. The molecule has 0 atom stereocenters. The van der Waals surface area contributed by atoms with Gasteiger partial charge in [-0.15, -0.1) is 21.5 Å². The molecule has 0 aromatic carbocycles. The fourth-order valence-electron chi connectivity index (χ4n) is 3.03. The van der Waals surface area contributed by atoms with Crippen molar-refractivity contribution in [2.45, 2.75) is 56.9 Å².